The lowest BCUT2D eigenvalue weighted by atomic mass is 9.95. The summed E-state index contributed by atoms with van der Waals surface area (Å²) in [7, 11) is 1.43. The Morgan fingerprint density at radius 3 is 2.43 bits per heavy atom. The highest BCUT2D eigenvalue weighted by Crippen LogP contribution is 2.41. The van der Waals surface area contributed by atoms with Gasteiger partial charge in [-0.25, -0.2) is 0 Å². The van der Waals surface area contributed by atoms with Gasteiger partial charge in [0.1, 0.15) is 5.76 Å². The molecule has 0 bridgehead atoms. The molecule has 0 spiro atoms. The van der Waals surface area contributed by atoms with E-state index in [4.69, 9.17) is 16.3 Å². The molecule has 0 aliphatic carbocycles. The summed E-state index contributed by atoms with van der Waals surface area (Å²) < 4.78 is 5.06. The summed E-state index contributed by atoms with van der Waals surface area (Å²) in [5, 5.41) is 21.5. The van der Waals surface area contributed by atoms with Crippen LogP contribution in [0.15, 0.2) is 48.0 Å². The second-order valence-electron chi connectivity index (χ2n) is 6.43. The van der Waals surface area contributed by atoms with Crippen LogP contribution in [0.4, 0.5) is 0 Å². The number of ketones is 1. The summed E-state index contributed by atoms with van der Waals surface area (Å²) in [5.74, 6) is -1.57. The first-order valence-electron chi connectivity index (χ1n) is 8.80. The fourth-order valence-electron chi connectivity index (χ4n) is 3.34. The average Bonchev–Trinajstić information content (AvgIpc) is 2.93. The molecule has 2 aromatic rings. The Morgan fingerprint density at radius 1 is 1.18 bits per heavy atom. The second kappa shape index (κ2) is 7.94. The number of rotatable bonds is 5. The largest absolute Gasteiger partial charge is 0.507 e. The van der Waals surface area contributed by atoms with Gasteiger partial charge in [0.15, 0.2) is 11.5 Å². The first-order chi connectivity index (χ1) is 13.4. The molecule has 2 N–H and O–H groups in total. The van der Waals surface area contributed by atoms with Crippen LogP contribution in [-0.4, -0.2) is 40.5 Å². The van der Waals surface area contributed by atoms with E-state index in [-0.39, 0.29) is 22.8 Å². The number of aliphatic hydroxyl groups is 1. The third-order valence-corrected chi connectivity index (χ3v) is 4.89. The predicted molar refractivity (Wildman–Crippen MR) is 105 cm³/mol. The molecular formula is C21H20ClNO5. The quantitative estimate of drug-likeness (QED) is 0.451. The van der Waals surface area contributed by atoms with E-state index in [2.05, 4.69) is 0 Å². The van der Waals surface area contributed by atoms with Crippen LogP contribution in [0.25, 0.3) is 5.76 Å². The van der Waals surface area contributed by atoms with Gasteiger partial charge < -0.3 is 19.8 Å². The minimum Gasteiger partial charge on any atom is -0.507 e. The molecule has 0 saturated carbocycles. The number of amides is 1. The topological polar surface area (TPSA) is 87.1 Å². The van der Waals surface area contributed by atoms with Crippen molar-refractivity contribution in [1.82, 2.24) is 4.90 Å². The van der Waals surface area contributed by atoms with Crippen LogP contribution in [0.5, 0.6) is 11.5 Å². The summed E-state index contributed by atoms with van der Waals surface area (Å²) in [6.07, 6.45) is 0.632. The summed E-state index contributed by atoms with van der Waals surface area (Å²) in [6, 6.07) is 10.2. The van der Waals surface area contributed by atoms with E-state index in [1.54, 1.807) is 36.4 Å². The molecule has 6 nitrogen and oxygen atoms in total. The Morgan fingerprint density at radius 2 is 1.86 bits per heavy atom. The number of methoxy groups -OCH3 is 1. The molecule has 1 aliphatic heterocycles. The zero-order valence-electron chi connectivity index (χ0n) is 15.5. The average molecular weight is 402 g/mol. The number of phenols is 1. The molecule has 28 heavy (non-hydrogen) atoms. The molecule has 0 radical (unpaired) electrons. The van der Waals surface area contributed by atoms with Gasteiger partial charge in [-0.1, -0.05) is 24.6 Å². The Hall–Kier alpha value is -2.99. The number of carbonyl (C=O) groups is 2. The number of hydrogen-bond acceptors (Lipinski definition) is 5. The second-order valence-corrected chi connectivity index (χ2v) is 6.87. The molecule has 1 fully saturated rings. The third kappa shape index (κ3) is 3.43. The molecule has 1 atom stereocenters. The van der Waals surface area contributed by atoms with Gasteiger partial charge in [0.05, 0.1) is 18.7 Å². The van der Waals surface area contributed by atoms with Gasteiger partial charge in [0.25, 0.3) is 11.7 Å². The minimum absolute atomic E-state index is 0.0228. The highest BCUT2D eigenvalue weighted by Gasteiger charge is 2.45. The number of nitrogens with zero attached hydrogens (tertiary/aromatic N) is 1. The van der Waals surface area contributed by atoms with Gasteiger partial charge >= 0.3 is 0 Å². The molecule has 1 saturated heterocycles. The number of aliphatic hydroxyl groups excluding tert-OH is 1. The molecule has 1 aliphatic rings. The number of carbonyl (C=O) groups excluding carboxylic acids is 2. The van der Waals surface area contributed by atoms with Gasteiger partial charge in [0.2, 0.25) is 0 Å². The highest BCUT2D eigenvalue weighted by molar-refractivity contribution is 6.46. The fourth-order valence-corrected chi connectivity index (χ4v) is 3.46. The Kier molecular flexibility index (Phi) is 5.61. The Labute approximate surface area is 167 Å². The summed E-state index contributed by atoms with van der Waals surface area (Å²) in [6.45, 7) is 2.22. The van der Waals surface area contributed by atoms with E-state index >= 15 is 0 Å². The molecule has 1 heterocycles. The smallest absolute Gasteiger partial charge is 0.295 e. The summed E-state index contributed by atoms with van der Waals surface area (Å²) in [5.41, 5.74) is 0.855. The SMILES string of the molecule is CCCN1C(=O)C(=O)/C(=C(\O)c2ccc(Cl)cc2)C1c1ccc(OC)c(O)c1. The number of benzene rings is 2. The standard InChI is InChI=1S/C21H20ClNO5/c1-3-10-23-18(13-6-9-16(28-2)15(24)11-13)17(20(26)21(23)27)19(25)12-4-7-14(22)8-5-12/h4-9,11,18,24-25H,3,10H2,1-2H3/b19-17-. The maximum atomic E-state index is 12.7. The minimum atomic E-state index is -0.813. The van der Waals surface area contributed by atoms with E-state index in [0.717, 1.165) is 0 Å². The van der Waals surface area contributed by atoms with Gasteiger partial charge in [0, 0.05) is 17.1 Å². The van der Waals surface area contributed by atoms with Crippen molar-refractivity contribution < 1.29 is 24.5 Å². The predicted octanol–water partition coefficient (Wildman–Crippen LogP) is 3.89. The summed E-state index contributed by atoms with van der Waals surface area (Å²) >= 11 is 5.90. The molecular weight excluding hydrogens is 382 g/mol. The van der Waals surface area contributed by atoms with Crippen molar-refractivity contribution in [3.8, 4) is 11.5 Å². The lowest BCUT2D eigenvalue weighted by Gasteiger charge is -2.25. The van der Waals surface area contributed by atoms with Crippen LogP contribution in [0.2, 0.25) is 5.02 Å². The molecule has 2 aromatic carbocycles. The Balaban J connectivity index is 2.19. The molecule has 1 amide bonds. The normalized spacial score (nSPS) is 18.5. The van der Waals surface area contributed by atoms with E-state index in [0.29, 0.717) is 29.1 Å². The van der Waals surface area contributed by atoms with E-state index in [1.807, 2.05) is 6.92 Å². The maximum Gasteiger partial charge on any atom is 0.295 e. The molecule has 146 valence electrons. The lowest BCUT2D eigenvalue weighted by molar-refractivity contribution is -0.139. The van der Waals surface area contributed by atoms with Crippen LogP contribution in [-0.2, 0) is 9.59 Å². The molecule has 7 heteroatoms. The first-order valence-corrected chi connectivity index (χ1v) is 9.18. The number of likely N-dealkylation sites (tertiary alicyclic amines) is 1. The number of aromatic hydroxyl groups is 1. The zero-order chi connectivity index (χ0) is 20.4. The van der Waals surface area contributed by atoms with E-state index in [9.17, 15) is 19.8 Å². The number of phenolic OH excluding ortho intramolecular Hbond substituents is 1. The van der Waals surface area contributed by atoms with Crippen molar-refractivity contribution in [2.75, 3.05) is 13.7 Å². The van der Waals surface area contributed by atoms with Crippen LogP contribution in [0.1, 0.15) is 30.5 Å². The Bertz CT molecular complexity index is 952. The van der Waals surface area contributed by atoms with Crippen molar-refractivity contribution >= 4 is 29.1 Å². The number of Topliss-reactive ketones (excluding diaryl/α,β-unsaturated/α-hetero) is 1. The van der Waals surface area contributed by atoms with Gasteiger partial charge in [-0.3, -0.25) is 9.59 Å². The van der Waals surface area contributed by atoms with Crippen LogP contribution >= 0.6 is 11.6 Å². The maximum absolute atomic E-state index is 12.7. The van der Waals surface area contributed by atoms with Crippen molar-refractivity contribution in [3.05, 3.63) is 64.2 Å². The fraction of sp³-hybridized carbons (Fsp3) is 0.238. The third-order valence-electron chi connectivity index (χ3n) is 4.64. The zero-order valence-corrected chi connectivity index (χ0v) is 16.2. The van der Waals surface area contributed by atoms with Crippen LogP contribution < -0.4 is 4.74 Å². The summed E-state index contributed by atoms with van der Waals surface area (Å²) in [4.78, 5) is 26.8. The first kappa shape index (κ1) is 19.8. The molecule has 0 aromatic heterocycles. The number of ether oxygens (including phenoxy) is 1. The van der Waals surface area contributed by atoms with Crippen LogP contribution in [0.3, 0.4) is 0 Å². The van der Waals surface area contributed by atoms with Gasteiger partial charge in [-0.15, -0.1) is 0 Å². The van der Waals surface area contributed by atoms with Crippen molar-refractivity contribution in [1.29, 1.82) is 0 Å². The molecule has 3 rings (SSSR count). The van der Waals surface area contributed by atoms with Crippen molar-refractivity contribution in [2.45, 2.75) is 19.4 Å². The van der Waals surface area contributed by atoms with Gasteiger partial charge in [-0.05, 0) is 48.4 Å². The van der Waals surface area contributed by atoms with Gasteiger partial charge in [-0.2, -0.15) is 0 Å². The number of hydrogen-bond donors (Lipinski definition) is 2. The molecule has 1 unspecified atom stereocenters. The van der Waals surface area contributed by atoms with E-state index < -0.39 is 17.7 Å². The van der Waals surface area contributed by atoms with Crippen LogP contribution in [0, 0.1) is 0 Å². The monoisotopic (exact) mass is 401 g/mol. The highest BCUT2D eigenvalue weighted by atomic mass is 35.5. The van der Waals surface area contributed by atoms with Crippen molar-refractivity contribution in [3.63, 3.8) is 0 Å². The van der Waals surface area contributed by atoms with E-state index in [1.165, 1.54) is 18.1 Å². The van der Waals surface area contributed by atoms with Crippen molar-refractivity contribution in [2.24, 2.45) is 0 Å². The lowest BCUT2D eigenvalue weighted by Crippen LogP contribution is -2.30. The number of halogens is 1.